The molecule has 0 spiro atoms. The molecule has 3 nitrogen and oxygen atoms in total. The van der Waals surface area contributed by atoms with Gasteiger partial charge in [-0.1, -0.05) is 24.3 Å². The second-order valence-electron chi connectivity index (χ2n) is 5.33. The lowest BCUT2D eigenvalue weighted by Gasteiger charge is -2.05. The van der Waals surface area contributed by atoms with Crippen molar-refractivity contribution in [2.24, 2.45) is 0 Å². The summed E-state index contributed by atoms with van der Waals surface area (Å²) in [6, 6.07) is 18.1. The molecule has 0 aliphatic heterocycles. The topological polar surface area (TPSA) is 30.2 Å². The van der Waals surface area contributed by atoms with Gasteiger partial charge in [-0.3, -0.25) is 0 Å². The van der Waals surface area contributed by atoms with E-state index in [2.05, 4.69) is 48.0 Å². The van der Waals surface area contributed by atoms with Gasteiger partial charge in [0, 0.05) is 23.1 Å². The van der Waals surface area contributed by atoms with Crippen molar-refractivity contribution in [2.75, 3.05) is 7.11 Å². The fraction of sp³-hybridized carbons (Fsp3) is 0.158. The van der Waals surface area contributed by atoms with E-state index in [1.54, 1.807) is 12.1 Å². The summed E-state index contributed by atoms with van der Waals surface area (Å²) < 4.78 is 6.94. The van der Waals surface area contributed by atoms with Gasteiger partial charge in [-0.2, -0.15) is 4.57 Å². The number of aryl methyl sites for hydroxylation is 1. The maximum atomic E-state index is 11.5. The third-order valence-corrected chi connectivity index (χ3v) is 3.87. The monoisotopic (exact) mass is 292 g/mol. The standard InChI is InChI=1S/C19H18NO2/c1-14-11-12-20(18-6-4-3-5-17(14)18)13-15-7-9-16(10-8-15)19(21)22-2/h3-12H,13H2,1-2H3/q+1. The molecular weight excluding hydrogens is 274 g/mol. The SMILES string of the molecule is COC(=O)c1ccc(C[n+]2ccc(C)c3ccccc32)cc1. The molecule has 0 atom stereocenters. The molecule has 2 aromatic carbocycles. The van der Waals surface area contributed by atoms with Crippen LogP contribution in [-0.4, -0.2) is 13.1 Å². The molecule has 3 aromatic rings. The molecule has 0 aliphatic carbocycles. The quantitative estimate of drug-likeness (QED) is 0.548. The van der Waals surface area contributed by atoms with Crippen molar-refractivity contribution in [3.05, 3.63) is 77.5 Å². The predicted octanol–water partition coefficient (Wildman–Crippen LogP) is 3.27. The predicted molar refractivity (Wildman–Crippen MR) is 85.8 cm³/mol. The van der Waals surface area contributed by atoms with Crippen LogP contribution in [-0.2, 0) is 11.3 Å². The Balaban J connectivity index is 1.93. The van der Waals surface area contributed by atoms with E-state index in [0.29, 0.717) is 5.56 Å². The third kappa shape index (κ3) is 2.70. The minimum atomic E-state index is -0.306. The average molecular weight is 292 g/mol. The molecule has 1 heterocycles. The zero-order chi connectivity index (χ0) is 15.5. The second kappa shape index (κ2) is 5.98. The number of ether oxygens (including phenoxy) is 1. The lowest BCUT2D eigenvalue weighted by Crippen LogP contribution is -2.34. The summed E-state index contributed by atoms with van der Waals surface area (Å²) >= 11 is 0. The molecule has 22 heavy (non-hydrogen) atoms. The normalized spacial score (nSPS) is 10.6. The second-order valence-corrected chi connectivity index (χ2v) is 5.33. The van der Waals surface area contributed by atoms with Crippen LogP contribution in [0.2, 0.25) is 0 Å². The molecule has 0 aliphatic rings. The Morgan fingerprint density at radius 1 is 1.05 bits per heavy atom. The Labute approximate surface area is 129 Å². The van der Waals surface area contributed by atoms with Crippen LogP contribution in [0.4, 0.5) is 0 Å². The van der Waals surface area contributed by atoms with Gasteiger partial charge in [0.25, 0.3) is 0 Å². The number of para-hydroxylation sites is 1. The summed E-state index contributed by atoms with van der Waals surface area (Å²) in [5.74, 6) is -0.306. The highest BCUT2D eigenvalue weighted by atomic mass is 16.5. The minimum absolute atomic E-state index is 0.306. The van der Waals surface area contributed by atoms with E-state index < -0.39 is 0 Å². The van der Waals surface area contributed by atoms with Crippen molar-refractivity contribution in [2.45, 2.75) is 13.5 Å². The number of fused-ring (bicyclic) bond motifs is 1. The van der Waals surface area contributed by atoms with E-state index in [0.717, 1.165) is 12.1 Å². The van der Waals surface area contributed by atoms with Crippen molar-refractivity contribution < 1.29 is 14.1 Å². The molecule has 0 bridgehead atoms. The summed E-state index contributed by atoms with van der Waals surface area (Å²) in [6.45, 7) is 2.89. The molecule has 0 saturated heterocycles. The van der Waals surface area contributed by atoms with Gasteiger partial charge in [0.2, 0.25) is 5.52 Å². The highest BCUT2D eigenvalue weighted by Gasteiger charge is 2.11. The fourth-order valence-electron chi connectivity index (χ4n) is 2.63. The van der Waals surface area contributed by atoms with Gasteiger partial charge in [0.1, 0.15) is 0 Å². The first kappa shape index (κ1) is 14.3. The molecule has 3 rings (SSSR count). The molecule has 0 N–H and O–H groups in total. The van der Waals surface area contributed by atoms with E-state index in [4.69, 9.17) is 4.74 Å². The van der Waals surface area contributed by atoms with Crippen molar-refractivity contribution >= 4 is 16.9 Å². The van der Waals surface area contributed by atoms with Gasteiger partial charge in [-0.25, -0.2) is 4.79 Å². The van der Waals surface area contributed by atoms with Crippen molar-refractivity contribution in [1.82, 2.24) is 0 Å². The van der Waals surface area contributed by atoms with Gasteiger partial charge >= 0.3 is 5.97 Å². The number of rotatable bonds is 3. The number of carbonyl (C=O) groups is 1. The fourth-order valence-corrected chi connectivity index (χ4v) is 2.63. The lowest BCUT2D eigenvalue weighted by atomic mass is 10.1. The Morgan fingerprint density at radius 2 is 1.77 bits per heavy atom. The number of carbonyl (C=O) groups excluding carboxylic acids is 1. The van der Waals surface area contributed by atoms with Gasteiger partial charge in [-0.05, 0) is 30.7 Å². The number of aromatic nitrogens is 1. The molecule has 0 fully saturated rings. The van der Waals surface area contributed by atoms with Crippen LogP contribution in [0, 0.1) is 6.92 Å². The van der Waals surface area contributed by atoms with Crippen molar-refractivity contribution in [1.29, 1.82) is 0 Å². The number of hydrogen-bond donors (Lipinski definition) is 0. The Bertz CT molecular complexity index is 822. The Hall–Kier alpha value is -2.68. The van der Waals surface area contributed by atoms with E-state index in [1.165, 1.54) is 23.6 Å². The first-order valence-electron chi connectivity index (χ1n) is 7.24. The zero-order valence-corrected chi connectivity index (χ0v) is 12.7. The van der Waals surface area contributed by atoms with E-state index in [-0.39, 0.29) is 5.97 Å². The molecular formula is C19H18NO2+. The van der Waals surface area contributed by atoms with Gasteiger partial charge in [-0.15, -0.1) is 0 Å². The van der Waals surface area contributed by atoms with E-state index >= 15 is 0 Å². The average Bonchev–Trinajstić information content (AvgIpc) is 2.57. The molecule has 1 aromatic heterocycles. The number of benzene rings is 2. The van der Waals surface area contributed by atoms with Crippen LogP contribution in [0.15, 0.2) is 60.8 Å². The van der Waals surface area contributed by atoms with Crippen LogP contribution in [0.1, 0.15) is 21.5 Å². The van der Waals surface area contributed by atoms with Crippen LogP contribution in [0.3, 0.4) is 0 Å². The van der Waals surface area contributed by atoms with Gasteiger partial charge < -0.3 is 4.74 Å². The van der Waals surface area contributed by atoms with Crippen molar-refractivity contribution in [3.8, 4) is 0 Å². The number of pyridine rings is 1. The Kier molecular flexibility index (Phi) is 3.88. The van der Waals surface area contributed by atoms with Crippen molar-refractivity contribution in [3.63, 3.8) is 0 Å². The van der Waals surface area contributed by atoms with Gasteiger partial charge in [0.15, 0.2) is 12.7 Å². The smallest absolute Gasteiger partial charge is 0.337 e. The molecule has 3 heteroatoms. The largest absolute Gasteiger partial charge is 0.465 e. The summed E-state index contributed by atoms with van der Waals surface area (Å²) in [6.07, 6.45) is 2.10. The van der Waals surface area contributed by atoms with Crippen LogP contribution < -0.4 is 4.57 Å². The molecule has 0 saturated carbocycles. The molecule has 0 radical (unpaired) electrons. The molecule has 0 unspecified atom stereocenters. The lowest BCUT2D eigenvalue weighted by molar-refractivity contribution is -0.662. The third-order valence-electron chi connectivity index (χ3n) is 3.87. The first-order valence-corrected chi connectivity index (χ1v) is 7.24. The zero-order valence-electron chi connectivity index (χ0n) is 12.7. The first-order chi connectivity index (χ1) is 10.7. The van der Waals surface area contributed by atoms with Crippen LogP contribution >= 0.6 is 0 Å². The van der Waals surface area contributed by atoms with E-state index in [9.17, 15) is 4.79 Å². The van der Waals surface area contributed by atoms with Gasteiger partial charge in [0.05, 0.1) is 12.7 Å². The Morgan fingerprint density at radius 3 is 2.50 bits per heavy atom. The van der Waals surface area contributed by atoms with Crippen LogP contribution in [0.25, 0.3) is 10.9 Å². The number of methoxy groups -OCH3 is 1. The maximum Gasteiger partial charge on any atom is 0.337 e. The number of esters is 1. The minimum Gasteiger partial charge on any atom is -0.465 e. The summed E-state index contributed by atoms with van der Waals surface area (Å²) in [7, 11) is 1.39. The summed E-state index contributed by atoms with van der Waals surface area (Å²) in [5, 5.41) is 1.26. The van der Waals surface area contributed by atoms with Crippen LogP contribution in [0.5, 0.6) is 0 Å². The maximum absolute atomic E-state index is 11.5. The molecule has 110 valence electrons. The van der Waals surface area contributed by atoms with E-state index in [1.807, 2.05) is 12.1 Å². The summed E-state index contributed by atoms with van der Waals surface area (Å²) in [5.41, 5.74) is 4.20. The highest BCUT2D eigenvalue weighted by Crippen LogP contribution is 2.14. The summed E-state index contributed by atoms with van der Waals surface area (Å²) in [4.78, 5) is 11.5. The number of nitrogens with zero attached hydrogens (tertiary/aromatic N) is 1. The molecule has 0 amide bonds. The highest BCUT2D eigenvalue weighted by molar-refractivity contribution is 5.89. The number of hydrogen-bond acceptors (Lipinski definition) is 2.